The normalized spacial score (nSPS) is 12.4. The number of hydrogen-bond donors (Lipinski definition) is 2. The molecule has 5 nitrogen and oxygen atoms in total. The molecule has 0 aliphatic heterocycles. The molecule has 0 saturated carbocycles. The highest BCUT2D eigenvalue weighted by Gasteiger charge is 2.19. The van der Waals surface area contributed by atoms with Gasteiger partial charge in [0.25, 0.3) is 0 Å². The van der Waals surface area contributed by atoms with Gasteiger partial charge in [0.05, 0.1) is 0 Å². The van der Waals surface area contributed by atoms with Crippen LogP contribution in [0, 0.1) is 0 Å². The SMILES string of the molecule is CC(C)(C)S(=O)Cc1cccc(NC(=O)NCCc2ccccn2)c1. The minimum Gasteiger partial charge on any atom is -0.337 e. The van der Waals surface area contributed by atoms with E-state index in [-0.39, 0.29) is 10.8 Å². The van der Waals surface area contributed by atoms with Crippen molar-refractivity contribution in [1.82, 2.24) is 10.3 Å². The molecule has 2 aromatic rings. The number of amides is 2. The summed E-state index contributed by atoms with van der Waals surface area (Å²) in [7, 11) is -0.971. The molecule has 0 bridgehead atoms. The van der Waals surface area contributed by atoms with E-state index < -0.39 is 10.8 Å². The number of nitrogens with one attached hydrogen (secondary N) is 2. The zero-order valence-corrected chi connectivity index (χ0v) is 15.7. The maximum absolute atomic E-state index is 12.2. The van der Waals surface area contributed by atoms with Gasteiger partial charge in [-0.25, -0.2) is 4.79 Å². The number of hydrogen-bond acceptors (Lipinski definition) is 3. The fraction of sp³-hybridized carbons (Fsp3) is 0.368. The zero-order chi connectivity index (χ0) is 18.3. The molecule has 2 N–H and O–H groups in total. The van der Waals surface area contributed by atoms with E-state index in [1.165, 1.54) is 0 Å². The summed E-state index contributed by atoms with van der Waals surface area (Å²) in [6.07, 6.45) is 2.42. The fourth-order valence-electron chi connectivity index (χ4n) is 2.13. The van der Waals surface area contributed by atoms with Crippen LogP contribution in [0.25, 0.3) is 0 Å². The predicted molar refractivity (Wildman–Crippen MR) is 103 cm³/mol. The van der Waals surface area contributed by atoms with Gasteiger partial charge in [-0.1, -0.05) is 18.2 Å². The Labute approximate surface area is 151 Å². The van der Waals surface area contributed by atoms with Gasteiger partial charge in [-0.2, -0.15) is 0 Å². The Hall–Kier alpha value is -2.21. The molecule has 2 amide bonds. The highest BCUT2D eigenvalue weighted by atomic mass is 32.2. The van der Waals surface area contributed by atoms with Gasteiger partial charge in [-0.15, -0.1) is 0 Å². The second kappa shape index (κ2) is 8.76. The van der Waals surface area contributed by atoms with Gasteiger partial charge < -0.3 is 10.6 Å². The summed E-state index contributed by atoms with van der Waals surface area (Å²) in [5, 5.41) is 5.63. The quantitative estimate of drug-likeness (QED) is 0.829. The van der Waals surface area contributed by atoms with Crippen molar-refractivity contribution in [3.63, 3.8) is 0 Å². The molecular weight excluding hydrogens is 334 g/mol. The Balaban J connectivity index is 1.84. The van der Waals surface area contributed by atoms with Crippen LogP contribution in [-0.4, -0.2) is 26.5 Å². The van der Waals surface area contributed by atoms with E-state index in [2.05, 4.69) is 15.6 Å². The summed E-state index contributed by atoms with van der Waals surface area (Å²) in [5.41, 5.74) is 2.58. The van der Waals surface area contributed by atoms with Crippen LogP contribution < -0.4 is 10.6 Å². The molecule has 0 radical (unpaired) electrons. The van der Waals surface area contributed by atoms with Crippen LogP contribution in [-0.2, 0) is 23.0 Å². The maximum Gasteiger partial charge on any atom is 0.319 e. The van der Waals surface area contributed by atoms with Crippen molar-refractivity contribution >= 4 is 22.5 Å². The van der Waals surface area contributed by atoms with Gasteiger partial charge in [-0.05, 0) is 50.6 Å². The standard InChI is InChI=1S/C19H25N3O2S/c1-19(2,3)25(24)14-15-7-6-9-17(13-15)22-18(23)21-12-10-16-8-4-5-11-20-16/h4-9,11,13H,10,12,14H2,1-3H3,(H2,21,22,23). The molecule has 1 aromatic heterocycles. The van der Waals surface area contributed by atoms with Crippen LogP contribution >= 0.6 is 0 Å². The van der Waals surface area contributed by atoms with E-state index in [1.807, 2.05) is 63.2 Å². The van der Waals surface area contributed by atoms with E-state index in [9.17, 15) is 9.00 Å². The van der Waals surface area contributed by atoms with Crippen LogP contribution in [0.3, 0.4) is 0 Å². The second-order valence-corrected chi connectivity index (χ2v) is 8.96. The molecule has 0 spiro atoms. The summed E-state index contributed by atoms with van der Waals surface area (Å²) in [6, 6.07) is 12.9. The summed E-state index contributed by atoms with van der Waals surface area (Å²) >= 11 is 0. The number of aromatic nitrogens is 1. The molecule has 0 aliphatic rings. The van der Waals surface area contributed by atoms with Gasteiger partial charge in [0, 0.05) is 51.8 Å². The zero-order valence-electron chi connectivity index (χ0n) is 14.9. The van der Waals surface area contributed by atoms with E-state index in [1.54, 1.807) is 6.20 Å². The average molecular weight is 359 g/mol. The van der Waals surface area contributed by atoms with Gasteiger partial charge in [0.1, 0.15) is 0 Å². The third-order valence-electron chi connectivity index (χ3n) is 3.56. The van der Waals surface area contributed by atoms with Crippen LogP contribution in [0.1, 0.15) is 32.0 Å². The van der Waals surface area contributed by atoms with Crippen molar-refractivity contribution < 1.29 is 9.00 Å². The van der Waals surface area contributed by atoms with Crippen molar-refractivity contribution in [2.75, 3.05) is 11.9 Å². The number of nitrogens with zero attached hydrogens (tertiary/aromatic N) is 1. The van der Waals surface area contributed by atoms with Crippen molar-refractivity contribution in [2.45, 2.75) is 37.7 Å². The van der Waals surface area contributed by atoms with Crippen molar-refractivity contribution in [1.29, 1.82) is 0 Å². The lowest BCUT2D eigenvalue weighted by atomic mass is 10.2. The molecule has 6 heteroatoms. The van der Waals surface area contributed by atoms with Crippen molar-refractivity contribution in [3.8, 4) is 0 Å². The smallest absolute Gasteiger partial charge is 0.319 e. The molecule has 1 atom stereocenters. The highest BCUT2D eigenvalue weighted by molar-refractivity contribution is 7.85. The number of urea groups is 1. The Bertz CT molecular complexity index is 727. The topological polar surface area (TPSA) is 71.1 Å². The molecule has 134 valence electrons. The van der Waals surface area contributed by atoms with Gasteiger partial charge in [-0.3, -0.25) is 9.19 Å². The monoisotopic (exact) mass is 359 g/mol. The number of anilines is 1. The van der Waals surface area contributed by atoms with Gasteiger partial charge in [0.2, 0.25) is 0 Å². The molecule has 25 heavy (non-hydrogen) atoms. The second-order valence-electron chi connectivity index (χ2n) is 6.75. The molecular formula is C19H25N3O2S. The summed E-state index contributed by atoms with van der Waals surface area (Å²) in [4.78, 5) is 16.2. The van der Waals surface area contributed by atoms with E-state index in [0.29, 0.717) is 24.4 Å². The Kier molecular flexibility index (Phi) is 6.70. The van der Waals surface area contributed by atoms with Gasteiger partial charge in [0.15, 0.2) is 0 Å². The lowest BCUT2D eigenvalue weighted by Crippen LogP contribution is -2.30. The molecule has 1 unspecified atom stereocenters. The summed E-state index contributed by atoms with van der Waals surface area (Å²) in [5.74, 6) is 0.473. The van der Waals surface area contributed by atoms with Crippen molar-refractivity contribution in [2.24, 2.45) is 0 Å². The molecule has 1 heterocycles. The van der Waals surface area contributed by atoms with Crippen LogP contribution in [0.5, 0.6) is 0 Å². The molecule has 0 aliphatic carbocycles. The fourth-order valence-corrected chi connectivity index (χ4v) is 3.05. The first-order valence-electron chi connectivity index (χ1n) is 8.27. The number of carbonyl (C=O) groups is 1. The average Bonchev–Trinajstić information content (AvgIpc) is 2.55. The molecule has 1 aromatic carbocycles. The Morgan fingerprint density at radius 1 is 1.16 bits per heavy atom. The first-order chi connectivity index (χ1) is 11.8. The van der Waals surface area contributed by atoms with Crippen LogP contribution in [0.15, 0.2) is 48.7 Å². The molecule has 0 saturated heterocycles. The summed E-state index contributed by atoms with van der Waals surface area (Å²) < 4.78 is 12.0. The van der Waals surface area contributed by atoms with Gasteiger partial charge >= 0.3 is 6.03 Å². The highest BCUT2D eigenvalue weighted by Crippen LogP contribution is 2.18. The number of benzene rings is 1. The Morgan fingerprint density at radius 3 is 2.64 bits per heavy atom. The minimum absolute atomic E-state index is 0.258. The molecule has 2 rings (SSSR count). The van der Waals surface area contributed by atoms with E-state index in [4.69, 9.17) is 0 Å². The predicted octanol–water partition coefficient (Wildman–Crippen LogP) is 3.49. The Morgan fingerprint density at radius 2 is 1.96 bits per heavy atom. The summed E-state index contributed by atoms with van der Waals surface area (Å²) in [6.45, 7) is 6.39. The maximum atomic E-state index is 12.2. The van der Waals surface area contributed by atoms with Crippen LogP contribution in [0.4, 0.5) is 10.5 Å². The number of rotatable bonds is 6. The number of carbonyl (C=O) groups excluding carboxylic acids is 1. The lowest BCUT2D eigenvalue weighted by Gasteiger charge is -2.18. The molecule has 0 fully saturated rings. The van der Waals surface area contributed by atoms with Crippen LogP contribution in [0.2, 0.25) is 0 Å². The van der Waals surface area contributed by atoms with E-state index >= 15 is 0 Å². The first kappa shape index (κ1) is 19.1. The number of pyridine rings is 1. The van der Waals surface area contributed by atoms with E-state index in [0.717, 1.165) is 11.3 Å². The largest absolute Gasteiger partial charge is 0.337 e. The van der Waals surface area contributed by atoms with Crippen molar-refractivity contribution in [3.05, 3.63) is 59.9 Å². The first-order valence-corrected chi connectivity index (χ1v) is 9.59. The lowest BCUT2D eigenvalue weighted by molar-refractivity contribution is 0.252. The third-order valence-corrected chi connectivity index (χ3v) is 5.52. The minimum atomic E-state index is -0.971. The third kappa shape index (κ3) is 6.66.